The van der Waals surface area contributed by atoms with Crippen molar-refractivity contribution in [3.63, 3.8) is 0 Å². The Bertz CT molecular complexity index is 678. The van der Waals surface area contributed by atoms with Gasteiger partial charge in [0, 0.05) is 51.2 Å². The molecule has 2 aliphatic heterocycles. The third-order valence-electron chi connectivity index (χ3n) is 6.33. The molecule has 0 aliphatic carbocycles. The van der Waals surface area contributed by atoms with Crippen molar-refractivity contribution >= 4 is 23.8 Å². The van der Waals surface area contributed by atoms with E-state index in [1.54, 1.807) is 0 Å². The van der Waals surface area contributed by atoms with Crippen molar-refractivity contribution in [3.8, 4) is 0 Å². The Morgan fingerprint density at radius 3 is 1.59 bits per heavy atom. The van der Waals surface area contributed by atoms with Crippen LogP contribution in [0.5, 0.6) is 0 Å². The smallest absolute Gasteiger partial charge is 0.331 e. The van der Waals surface area contributed by atoms with Crippen LogP contribution in [0.15, 0.2) is 12.2 Å². The fourth-order valence-corrected chi connectivity index (χ4v) is 4.31. The second kappa shape index (κ2) is 17.1. The van der Waals surface area contributed by atoms with Crippen molar-refractivity contribution in [2.24, 2.45) is 0 Å². The molecule has 34 heavy (non-hydrogen) atoms. The van der Waals surface area contributed by atoms with Crippen LogP contribution in [0.3, 0.4) is 0 Å². The molecule has 8 heteroatoms. The van der Waals surface area contributed by atoms with E-state index in [4.69, 9.17) is 9.47 Å². The molecule has 8 nitrogen and oxygen atoms in total. The number of hydrogen-bond acceptors (Lipinski definition) is 6. The first-order chi connectivity index (χ1) is 16.6. The molecule has 2 saturated heterocycles. The van der Waals surface area contributed by atoms with Crippen LogP contribution >= 0.6 is 0 Å². The molecule has 0 bridgehead atoms. The number of carbonyl (C=O) groups excluding carboxylic acids is 4. The third-order valence-corrected chi connectivity index (χ3v) is 6.33. The first-order valence-corrected chi connectivity index (χ1v) is 13.1. The Labute approximate surface area is 204 Å². The summed E-state index contributed by atoms with van der Waals surface area (Å²) >= 11 is 0. The molecular weight excluding hydrogens is 436 g/mol. The van der Waals surface area contributed by atoms with Gasteiger partial charge in [-0.1, -0.05) is 19.3 Å². The summed E-state index contributed by atoms with van der Waals surface area (Å²) in [5, 5.41) is 0. The molecule has 2 fully saturated rings. The van der Waals surface area contributed by atoms with Crippen molar-refractivity contribution in [1.29, 1.82) is 0 Å². The second-order valence-electron chi connectivity index (χ2n) is 9.17. The zero-order chi connectivity index (χ0) is 24.4. The normalized spacial score (nSPS) is 16.8. The molecule has 0 N–H and O–H groups in total. The molecule has 2 heterocycles. The van der Waals surface area contributed by atoms with Crippen molar-refractivity contribution in [3.05, 3.63) is 12.2 Å². The van der Waals surface area contributed by atoms with Gasteiger partial charge < -0.3 is 19.3 Å². The van der Waals surface area contributed by atoms with E-state index in [9.17, 15) is 19.2 Å². The summed E-state index contributed by atoms with van der Waals surface area (Å²) in [6, 6.07) is 0. The van der Waals surface area contributed by atoms with Crippen LogP contribution in [0.4, 0.5) is 0 Å². The number of nitrogens with zero attached hydrogens (tertiary/aromatic N) is 2. The molecule has 0 aromatic heterocycles. The summed E-state index contributed by atoms with van der Waals surface area (Å²) in [6.07, 6.45) is 15.2. The van der Waals surface area contributed by atoms with Crippen LogP contribution in [-0.4, -0.2) is 72.9 Å². The van der Waals surface area contributed by atoms with Crippen LogP contribution in [0, 0.1) is 0 Å². The first-order valence-electron chi connectivity index (χ1n) is 13.1. The fourth-order valence-electron chi connectivity index (χ4n) is 4.31. The van der Waals surface area contributed by atoms with Gasteiger partial charge in [-0.15, -0.1) is 0 Å². The molecule has 2 rings (SSSR count). The molecule has 0 aromatic rings. The van der Waals surface area contributed by atoms with Crippen LogP contribution < -0.4 is 0 Å². The van der Waals surface area contributed by atoms with Gasteiger partial charge in [-0.2, -0.15) is 0 Å². The standard InChI is InChI=1S/C26H42N2O6/c29-23-13-6-5-9-19-27(23)17-7-1-3-10-21-33-25(31)15-16-26(32)34-22-11-4-2-8-18-28-20-12-14-24(28)30/h15-16H,1-14,17-22H2. The highest BCUT2D eigenvalue weighted by atomic mass is 16.5. The number of unbranched alkanes of at least 4 members (excludes halogenated alkanes) is 6. The van der Waals surface area contributed by atoms with Crippen LogP contribution in [-0.2, 0) is 28.7 Å². The number of esters is 2. The third kappa shape index (κ3) is 12.2. The molecule has 0 spiro atoms. The van der Waals surface area contributed by atoms with Gasteiger partial charge in [-0.05, 0) is 57.8 Å². The monoisotopic (exact) mass is 478 g/mol. The average molecular weight is 479 g/mol. The van der Waals surface area contributed by atoms with Crippen LogP contribution in [0.1, 0.15) is 89.9 Å². The Morgan fingerprint density at radius 1 is 0.618 bits per heavy atom. The van der Waals surface area contributed by atoms with Crippen LogP contribution in [0.2, 0.25) is 0 Å². The minimum absolute atomic E-state index is 0.261. The summed E-state index contributed by atoms with van der Waals surface area (Å²) in [5.41, 5.74) is 0. The number of rotatable bonds is 16. The van der Waals surface area contributed by atoms with Crippen molar-refractivity contribution in [2.75, 3.05) is 39.4 Å². The largest absolute Gasteiger partial charge is 0.463 e. The van der Waals surface area contributed by atoms with E-state index in [2.05, 4.69) is 0 Å². The van der Waals surface area contributed by atoms with E-state index in [-0.39, 0.29) is 11.8 Å². The van der Waals surface area contributed by atoms with Gasteiger partial charge in [-0.25, -0.2) is 9.59 Å². The van der Waals surface area contributed by atoms with Crippen molar-refractivity contribution < 1.29 is 28.7 Å². The van der Waals surface area contributed by atoms with E-state index in [1.807, 2.05) is 9.80 Å². The molecule has 0 radical (unpaired) electrons. The van der Waals surface area contributed by atoms with E-state index in [1.165, 1.54) is 0 Å². The zero-order valence-electron chi connectivity index (χ0n) is 20.6. The SMILES string of the molecule is O=C(C=CC(=O)OCCCCCCN1CCCC1=O)OCCCCCCN1CCCCCC1=O. The van der Waals surface area contributed by atoms with Crippen molar-refractivity contribution in [2.45, 2.75) is 89.9 Å². The highest BCUT2D eigenvalue weighted by Crippen LogP contribution is 2.13. The van der Waals surface area contributed by atoms with Gasteiger partial charge >= 0.3 is 11.9 Å². The molecule has 0 aromatic carbocycles. The summed E-state index contributed by atoms with van der Waals surface area (Å²) in [6.45, 7) is 4.06. The molecule has 2 aliphatic rings. The number of ether oxygens (including phenoxy) is 2. The number of likely N-dealkylation sites (tertiary alicyclic amines) is 2. The zero-order valence-corrected chi connectivity index (χ0v) is 20.6. The molecule has 192 valence electrons. The summed E-state index contributed by atoms with van der Waals surface area (Å²) in [4.78, 5) is 50.8. The minimum atomic E-state index is -0.539. The fraction of sp³-hybridized carbons (Fsp3) is 0.769. The minimum Gasteiger partial charge on any atom is -0.463 e. The first kappa shape index (κ1) is 27.9. The van der Waals surface area contributed by atoms with E-state index in [0.29, 0.717) is 26.1 Å². The quantitative estimate of drug-likeness (QED) is 0.190. The van der Waals surface area contributed by atoms with E-state index >= 15 is 0 Å². The van der Waals surface area contributed by atoms with E-state index < -0.39 is 11.9 Å². The number of amides is 2. The lowest BCUT2D eigenvalue weighted by Crippen LogP contribution is -2.31. The van der Waals surface area contributed by atoms with Gasteiger partial charge in [0.1, 0.15) is 0 Å². The topological polar surface area (TPSA) is 93.2 Å². The maximum atomic E-state index is 11.9. The molecule has 0 saturated carbocycles. The summed E-state index contributed by atoms with van der Waals surface area (Å²) < 4.78 is 10.2. The van der Waals surface area contributed by atoms with Gasteiger partial charge in [0.2, 0.25) is 11.8 Å². The Hall–Kier alpha value is -2.38. The average Bonchev–Trinajstić information content (AvgIpc) is 3.12. The maximum absolute atomic E-state index is 11.9. The maximum Gasteiger partial charge on any atom is 0.331 e. The summed E-state index contributed by atoms with van der Waals surface area (Å²) in [7, 11) is 0. The molecule has 0 unspecified atom stereocenters. The number of hydrogen-bond donors (Lipinski definition) is 0. The predicted octanol–water partition coefficient (Wildman–Crippen LogP) is 3.77. The lowest BCUT2D eigenvalue weighted by Gasteiger charge is -2.20. The Morgan fingerprint density at radius 2 is 1.09 bits per heavy atom. The number of carbonyl (C=O) groups is 4. The van der Waals surface area contributed by atoms with E-state index in [0.717, 1.165) is 115 Å². The van der Waals surface area contributed by atoms with Gasteiger partial charge in [0.15, 0.2) is 0 Å². The van der Waals surface area contributed by atoms with Gasteiger partial charge in [-0.3, -0.25) is 9.59 Å². The molecule has 2 amide bonds. The Kier molecular flexibility index (Phi) is 14.0. The Balaban J connectivity index is 1.38. The van der Waals surface area contributed by atoms with Gasteiger partial charge in [0.25, 0.3) is 0 Å². The van der Waals surface area contributed by atoms with Gasteiger partial charge in [0.05, 0.1) is 13.2 Å². The lowest BCUT2D eigenvalue weighted by atomic mass is 10.2. The summed E-state index contributed by atoms with van der Waals surface area (Å²) in [5.74, 6) is -0.536. The molecule has 0 atom stereocenters. The predicted molar refractivity (Wildman–Crippen MR) is 129 cm³/mol. The highest BCUT2D eigenvalue weighted by molar-refractivity contribution is 5.91. The van der Waals surface area contributed by atoms with Crippen molar-refractivity contribution in [1.82, 2.24) is 9.80 Å². The second-order valence-corrected chi connectivity index (χ2v) is 9.17. The van der Waals surface area contributed by atoms with Crippen LogP contribution in [0.25, 0.3) is 0 Å². The lowest BCUT2D eigenvalue weighted by molar-refractivity contribution is -0.140. The molecular formula is C26H42N2O6. The highest BCUT2D eigenvalue weighted by Gasteiger charge is 2.19.